The Morgan fingerprint density at radius 2 is 1.76 bits per heavy atom. The van der Waals surface area contributed by atoms with Crippen LogP contribution in [-0.2, 0) is 23.0 Å². The molecule has 0 atom stereocenters. The molecule has 0 bridgehead atoms. The number of amidine groups is 1. The molecule has 0 aromatic heterocycles. The number of rotatable bonds is 10. The van der Waals surface area contributed by atoms with E-state index in [1.54, 1.807) is 25.3 Å². The minimum atomic E-state index is -4.11. The third kappa shape index (κ3) is 5.95. The maximum absolute atomic E-state index is 13.7. The molecule has 0 unspecified atom stereocenters. The fourth-order valence-electron chi connectivity index (χ4n) is 3.61. The summed E-state index contributed by atoms with van der Waals surface area (Å²) in [6.45, 7) is 4.54. The van der Waals surface area contributed by atoms with E-state index in [1.807, 2.05) is 18.2 Å². The zero-order chi connectivity index (χ0) is 24.9. The lowest BCUT2D eigenvalue weighted by molar-refractivity contribution is 0.396. The number of sulfonamides is 1. The summed E-state index contributed by atoms with van der Waals surface area (Å²) in [6, 6.07) is 19.3. The SMILES string of the molecule is COc1cccc(CN(CCc2ccc(C(C)C)cc2)S(=O)(=O)c2cc(C(=N)N)ccc2O)c1. The van der Waals surface area contributed by atoms with Crippen molar-refractivity contribution in [1.29, 1.82) is 5.41 Å². The maximum atomic E-state index is 13.7. The van der Waals surface area contributed by atoms with E-state index in [9.17, 15) is 13.5 Å². The van der Waals surface area contributed by atoms with Gasteiger partial charge in [0.15, 0.2) is 0 Å². The number of methoxy groups -OCH3 is 1. The molecule has 8 heteroatoms. The standard InChI is InChI=1S/C26H31N3O4S/c1-18(2)21-9-7-19(8-10-21)13-14-29(17-20-5-4-6-23(15-20)33-3)34(31,32)25-16-22(26(27)28)11-12-24(25)30/h4-12,15-16,18,30H,13-14,17H2,1-3H3,(H3,27,28). The average molecular weight is 482 g/mol. The molecule has 3 aromatic carbocycles. The predicted octanol–water partition coefficient (Wildman–Crippen LogP) is 4.24. The Balaban J connectivity index is 1.96. The van der Waals surface area contributed by atoms with Gasteiger partial charge in [0.1, 0.15) is 22.2 Å². The lowest BCUT2D eigenvalue weighted by Crippen LogP contribution is -2.33. The summed E-state index contributed by atoms with van der Waals surface area (Å²) in [6.07, 6.45) is 0.495. The lowest BCUT2D eigenvalue weighted by Gasteiger charge is -2.23. The Bertz CT molecular complexity index is 1260. The van der Waals surface area contributed by atoms with Crippen LogP contribution in [0.3, 0.4) is 0 Å². The van der Waals surface area contributed by atoms with E-state index in [1.165, 1.54) is 28.1 Å². The normalized spacial score (nSPS) is 11.7. The number of phenolic OH excluding ortho intramolecular Hbond substituents is 1. The molecule has 0 heterocycles. The van der Waals surface area contributed by atoms with Crippen LogP contribution in [0.25, 0.3) is 0 Å². The van der Waals surface area contributed by atoms with Crippen molar-refractivity contribution < 1.29 is 18.3 Å². The van der Waals surface area contributed by atoms with E-state index >= 15 is 0 Å². The zero-order valence-electron chi connectivity index (χ0n) is 19.7. The first kappa shape index (κ1) is 25.3. The molecule has 0 aliphatic carbocycles. The Kier molecular flexibility index (Phi) is 7.96. The second-order valence-corrected chi connectivity index (χ2v) is 10.3. The highest BCUT2D eigenvalue weighted by Gasteiger charge is 2.28. The summed E-state index contributed by atoms with van der Waals surface area (Å²) in [7, 11) is -2.55. The summed E-state index contributed by atoms with van der Waals surface area (Å²) in [5.74, 6) is 0.374. The first-order chi connectivity index (χ1) is 16.1. The molecule has 0 amide bonds. The van der Waals surface area contributed by atoms with Crippen LogP contribution in [0.2, 0.25) is 0 Å². The van der Waals surface area contributed by atoms with Gasteiger partial charge in [-0.2, -0.15) is 4.31 Å². The minimum absolute atomic E-state index is 0.0906. The van der Waals surface area contributed by atoms with Gasteiger partial charge in [-0.1, -0.05) is 50.2 Å². The van der Waals surface area contributed by atoms with E-state index < -0.39 is 10.0 Å². The van der Waals surface area contributed by atoms with E-state index in [0.717, 1.165) is 11.1 Å². The number of nitrogen functional groups attached to an aromatic ring is 1. The molecule has 4 N–H and O–H groups in total. The van der Waals surface area contributed by atoms with Crippen LogP contribution >= 0.6 is 0 Å². The second-order valence-electron chi connectivity index (χ2n) is 8.43. The molecule has 0 spiro atoms. The molecular weight excluding hydrogens is 450 g/mol. The highest BCUT2D eigenvalue weighted by molar-refractivity contribution is 7.89. The van der Waals surface area contributed by atoms with Crippen LogP contribution in [-0.4, -0.2) is 37.3 Å². The van der Waals surface area contributed by atoms with Gasteiger partial charge in [-0.05, 0) is 59.4 Å². The van der Waals surface area contributed by atoms with Crippen molar-refractivity contribution in [3.8, 4) is 11.5 Å². The Hall–Kier alpha value is -3.36. The first-order valence-corrected chi connectivity index (χ1v) is 12.4. The van der Waals surface area contributed by atoms with Crippen LogP contribution in [0.1, 0.15) is 42.0 Å². The number of phenols is 1. The number of nitrogens with zero attached hydrogens (tertiary/aromatic N) is 1. The Morgan fingerprint density at radius 3 is 2.38 bits per heavy atom. The average Bonchev–Trinajstić information content (AvgIpc) is 2.82. The van der Waals surface area contributed by atoms with Crippen molar-refractivity contribution in [2.45, 2.75) is 37.6 Å². The molecule has 3 aromatic rings. The van der Waals surface area contributed by atoms with Gasteiger partial charge in [-0.3, -0.25) is 5.41 Å². The van der Waals surface area contributed by atoms with Crippen molar-refractivity contribution in [1.82, 2.24) is 4.31 Å². The molecule has 0 aliphatic rings. The molecule has 0 radical (unpaired) electrons. The number of benzene rings is 3. The number of aromatic hydroxyl groups is 1. The fraction of sp³-hybridized carbons (Fsp3) is 0.269. The summed E-state index contributed by atoms with van der Waals surface area (Å²) < 4.78 is 34.0. The van der Waals surface area contributed by atoms with Gasteiger partial charge < -0.3 is 15.6 Å². The van der Waals surface area contributed by atoms with Crippen molar-refractivity contribution in [3.63, 3.8) is 0 Å². The fourth-order valence-corrected chi connectivity index (χ4v) is 5.15. The van der Waals surface area contributed by atoms with Gasteiger partial charge in [-0.25, -0.2) is 8.42 Å². The minimum Gasteiger partial charge on any atom is -0.507 e. The van der Waals surface area contributed by atoms with E-state index in [0.29, 0.717) is 18.1 Å². The van der Waals surface area contributed by atoms with Crippen LogP contribution in [0.15, 0.2) is 71.6 Å². The van der Waals surface area contributed by atoms with E-state index in [-0.39, 0.29) is 35.1 Å². The number of hydrogen-bond donors (Lipinski definition) is 3. The highest BCUT2D eigenvalue weighted by Crippen LogP contribution is 2.29. The number of ether oxygens (including phenoxy) is 1. The van der Waals surface area contributed by atoms with Crippen molar-refractivity contribution in [3.05, 3.63) is 89.0 Å². The molecule has 3 rings (SSSR count). The van der Waals surface area contributed by atoms with Crippen LogP contribution < -0.4 is 10.5 Å². The quantitative estimate of drug-likeness (QED) is 0.296. The second kappa shape index (κ2) is 10.7. The van der Waals surface area contributed by atoms with E-state index in [4.69, 9.17) is 15.9 Å². The molecule has 180 valence electrons. The lowest BCUT2D eigenvalue weighted by atomic mass is 10.0. The third-order valence-electron chi connectivity index (χ3n) is 5.68. The number of hydrogen-bond acceptors (Lipinski definition) is 5. The zero-order valence-corrected chi connectivity index (χ0v) is 20.5. The summed E-state index contributed by atoms with van der Waals surface area (Å²) in [5.41, 5.74) is 8.76. The van der Waals surface area contributed by atoms with Gasteiger partial charge in [0.05, 0.1) is 7.11 Å². The monoisotopic (exact) mass is 481 g/mol. The number of nitrogens with one attached hydrogen (secondary N) is 1. The topological polar surface area (TPSA) is 117 Å². The molecule has 0 fully saturated rings. The van der Waals surface area contributed by atoms with Crippen LogP contribution in [0, 0.1) is 5.41 Å². The van der Waals surface area contributed by atoms with Gasteiger partial charge >= 0.3 is 0 Å². The summed E-state index contributed by atoms with van der Waals surface area (Å²) >= 11 is 0. The smallest absolute Gasteiger partial charge is 0.247 e. The summed E-state index contributed by atoms with van der Waals surface area (Å²) in [5, 5.41) is 18.0. The largest absolute Gasteiger partial charge is 0.507 e. The Morgan fingerprint density at radius 1 is 1.06 bits per heavy atom. The molecule has 34 heavy (non-hydrogen) atoms. The molecule has 0 saturated heterocycles. The third-order valence-corrected chi connectivity index (χ3v) is 7.55. The maximum Gasteiger partial charge on any atom is 0.247 e. The predicted molar refractivity (Wildman–Crippen MR) is 134 cm³/mol. The van der Waals surface area contributed by atoms with Crippen LogP contribution in [0.5, 0.6) is 11.5 Å². The molecule has 0 saturated carbocycles. The first-order valence-electron chi connectivity index (χ1n) is 11.0. The van der Waals surface area contributed by atoms with Crippen molar-refractivity contribution in [2.75, 3.05) is 13.7 Å². The van der Waals surface area contributed by atoms with Crippen molar-refractivity contribution >= 4 is 15.9 Å². The van der Waals surface area contributed by atoms with Gasteiger partial charge in [-0.15, -0.1) is 0 Å². The molecular formula is C26H31N3O4S. The Labute approximate surface area is 201 Å². The van der Waals surface area contributed by atoms with Crippen molar-refractivity contribution in [2.24, 2.45) is 5.73 Å². The van der Waals surface area contributed by atoms with Crippen LogP contribution in [0.4, 0.5) is 0 Å². The van der Waals surface area contributed by atoms with Gasteiger partial charge in [0.2, 0.25) is 10.0 Å². The molecule has 0 aliphatic heterocycles. The molecule has 7 nitrogen and oxygen atoms in total. The number of nitrogens with two attached hydrogens (primary N) is 1. The summed E-state index contributed by atoms with van der Waals surface area (Å²) in [4.78, 5) is -0.279. The van der Waals surface area contributed by atoms with E-state index in [2.05, 4.69) is 26.0 Å². The highest BCUT2D eigenvalue weighted by atomic mass is 32.2. The van der Waals surface area contributed by atoms with Gasteiger partial charge in [0, 0.05) is 18.7 Å². The van der Waals surface area contributed by atoms with Gasteiger partial charge in [0.25, 0.3) is 0 Å².